The van der Waals surface area contributed by atoms with Crippen LogP contribution in [0.25, 0.3) is 0 Å². The van der Waals surface area contributed by atoms with Crippen molar-refractivity contribution in [1.29, 1.82) is 0 Å². The van der Waals surface area contributed by atoms with Crippen molar-refractivity contribution in [1.82, 2.24) is 15.0 Å². The fourth-order valence-corrected chi connectivity index (χ4v) is 1.75. The van der Waals surface area contributed by atoms with E-state index in [0.29, 0.717) is 12.3 Å². The van der Waals surface area contributed by atoms with Gasteiger partial charge in [-0.25, -0.2) is 14.8 Å². The van der Waals surface area contributed by atoms with Crippen LogP contribution in [0.2, 0.25) is 0 Å². The van der Waals surface area contributed by atoms with Crippen LogP contribution in [0, 0.1) is 0 Å². The van der Waals surface area contributed by atoms with Gasteiger partial charge >= 0.3 is 5.97 Å². The number of rotatable bonds is 7. The first-order chi connectivity index (χ1) is 9.77. The lowest BCUT2D eigenvalue weighted by atomic mass is 10.1. The maximum Gasteiger partial charge on any atom is 0.339 e. The Morgan fingerprint density at radius 3 is 2.80 bits per heavy atom. The summed E-state index contributed by atoms with van der Waals surface area (Å²) in [4.78, 5) is 22.5. The van der Waals surface area contributed by atoms with Crippen molar-refractivity contribution >= 4 is 5.97 Å². The summed E-state index contributed by atoms with van der Waals surface area (Å²) in [7, 11) is 0. The Morgan fingerprint density at radius 1 is 1.25 bits per heavy atom. The van der Waals surface area contributed by atoms with Gasteiger partial charge in [-0.15, -0.1) is 0 Å². The molecule has 0 aliphatic carbocycles. The maximum absolute atomic E-state index is 11.0. The molecule has 0 bridgehead atoms. The minimum atomic E-state index is -1.04. The summed E-state index contributed by atoms with van der Waals surface area (Å²) in [5.74, 6) is -1.04. The first-order valence-electron chi connectivity index (χ1n) is 6.26. The highest BCUT2D eigenvalue weighted by Gasteiger charge is 2.10. The Bertz CT molecular complexity index is 561. The number of carboxylic acid groups (broad SMARTS) is 1. The lowest BCUT2D eigenvalue weighted by molar-refractivity contribution is 0.0684. The highest BCUT2D eigenvalue weighted by atomic mass is 16.5. The van der Waals surface area contributed by atoms with Gasteiger partial charge in [-0.3, -0.25) is 4.98 Å². The summed E-state index contributed by atoms with van der Waals surface area (Å²) < 4.78 is 5.46. The van der Waals surface area contributed by atoms with Gasteiger partial charge in [-0.05, 0) is 30.5 Å². The van der Waals surface area contributed by atoms with Gasteiger partial charge in [0.15, 0.2) is 0 Å². The van der Waals surface area contributed by atoms with Gasteiger partial charge in [0, 0.05) is 25.2 Å². The third-order valence-corrected chi connectivity index (χ3v) is 2.77. The van der Waals surface area contributed by atoms with Gasteiger partial charge in [0.25, 0.3) is 0 Å². The van der Waals surface area contributed by atoms with Crippen LogP contribution in [-0.4, -0.2) is 32.6 Å². The number of aromatic carboxylic acids is 1. The normalized spacial score (nSPS) is 10.4. The molecule has 104 valence electrons. The van der Waals surface area contributed by atoms with E-state index in [2.05, 4.69) is 15.0 Å². The zero-order valence-electron chi connectivity index (χ0n) is 10.9. The second-order valence-electron chi connectivity index (χ2n) is 4.20. The number of carboxylic acids is 1. The van der Waals surface area contributed by atoms with Crippen LogP contribution in [0.1, 0.15) is 28.0 Å². The average Bonchev–Trinajstić information content (AvgIpc) is 2.48. The molecule has 6 nitrogen and oxygen atoms in total. The van der Waals surface area contributed by atoms with Crippen LogP contribution in [0.5, 0.6) is 0 Å². The van der Waals surface area contributed by atoms with E-state index in [9.17, 15) is 4.79 Å². The van der Waals surface area contributed by atoms with Crippen molar-refractivity contribution in [2.75, 3.05) is 6.61 Å². The topological polar surface area (TPSA) is 85.2 Å². The first kappa shape index (κ1) is 14.1. The average molecular weight is 273 g/mol. The van der Waals surface area contributed by atoms with Crippen molar-refractivity contribution in [3.63, 3.8) is 0 Å². The van der Waals surface area contributed by atoms with E-state index in [1.807, 2.05) is 12.1 Å². The number of aromatic nitrogens is 3. The van der Waals surface area contributed by atoms with Gasteiger partial charge in [-0.2, -0.15) is 0 Å². The molecule has 0 spiro atoms. The molecule has 2 aromatic rings. The monoisotopic (exact) mass is 273 g/mol. The molecule has 0 saturated heterocycles. The van der Waals surface area contributed by atoms with Crippen LogP contribution in [0.4, 0.5) is 0 Å². The second-order valence-corrected chi connectivity index (χ2v) is 4.20. The number of pyridine rings is 1. The molecule has 2 rings (SSSR count). The minimum Gasteiger partial charge on any atom is -0.478 e. The molecular formula is C14H15N3O3. The quantitative estimate of drug-likeness (QED) is 0.773. The maximum atomic E-state index is 11.0. The molecule has 0 aliphatic heterocycles. The molecule has 0 radical (unpaired) electrons. The highest BCUT2D eigenvalue weighted by Crippen LogP contribution is 2.06. The van der Waals surface area contributed by atoms with Crippen LogP contribution < -0.4 is 0 Å². The summed E-state index contributed by atoms with van der Waals surface area (Å²) in [6, 6.07) is 3.93. The minimum absolute atomic E-state index is 0.0848. The summed E-state index contributed by atoms with van der Waals surface area (Å²) in [6.45, 7) is 0.728. The van der Waals surface area contributed by atoms with Gasteiger partial charge in [-0.1, -0.05) is 0 Å². The Labute approximate surface area is 116 Å². The van der Waals surface area contributed by atoms with Crippen LogP contribution >= 0.6 is 0 Å². The molecular weight excluding hydrogens is 258 g/mol. The number of hydrogen-bond acceptors (Lipinski definition) is 5. The van der Waals surface area contributed by atoms with Crippen molar-refractivity contribution in [2.45, 2.75) is 19.4 Å². The molecule has 2 heterocycles. The van der Waals surface area contributed by atoms with Crippen molar-refractivity contribution in [2.24, 2.45) is 0 Å². The molecule has 0 aromatic carbocycles. The first-order valence-corrected chi connectivity index (χ1v) is 6.26. The molecule has 0 saturated carbocycles. The van der Waals surface area contributed by atoms with E-state index in [-0.39, 0.29) is 12.2 Å². The molecule has 0 fully saturated rings. The molecule has 0 unspecified atom stereocenters. The van der Waals surface area contributed by atoms with E-state index in [1.165, 1.54) is 18.1 Å². The van der Waals surface area contributed by atoms with E-state index in [1.54, 1.807) is 12.4 Å². The number of aryl methyl sites for hydroxylation is 1. The fourth-order valence-electron chi connectivity index (χ4n) is 1.75. The number of carbonyl (C=O) groups is 1. The van der Waals surface area contributed by atoms with Crippen molar-refractivity contribution in [3.05, 3.63) is 53.9 Å². The number of nitrogens with zero attached hydrogens (tertiary/aromatic N) is 3. The van der Waals surface area contributed by atoms with Gasteiger partial charge in [0.2, 0.25) is 0 Å². The van der Waals surface area contributed by atoms with Gasteiger partial charge in [0.1, 0.15) is 11.9 Å². The Hall–Kier alpha value is -2.34. The van der Waals surface area contributed by atoms with Crippen molar-refractivity contribution in [3.8, 4) is 0 Å². The molecule has 0 amide bonds. The zero-order valence-corrected chi connectivity index (χ0v) is 10.9. The van der Waals surface area contributed by atoms with Gasteiger partial charge in [0.05, 0.1) is 12.3 Å². The third-order valence-electron chi connectivity index (χ3n) is 2.77. The molecule has 0 aliphatic rings. The molecule has 2 aromatic heterocycles. The largest absolute Gasteiger partial charge is 0.478 e. The third kappa shape index (κ3) is 4.10. The number of ether oxygens (including phenoxy) is 1. The van der Waals surface area contributed by atoms with Gasteiger partial charge < -0.3 is 9.84 Å². The zero-order chi connectivity index (χ0) is 14.2. The van der Waals surface area contributed by atoms with Crippen molar-refractivity contribution < 1.29 is 14.6 Å². The number of hydrogen-bond donors (Lipinski definition) is 1. The molecule has 1 N–H and O–H groups in total. The second kappa shape index (κ2) is 7.30. The Morgan fingerprint density at radius 2 is 2.05 bits per heavy atom. The lowest BCUT2D eigenvalue weighted by Gasteiger charge is -2.06. The van der Waals surface area contributed by atoms with Crippen LogP contribution in [-0.2, 0) is 17.8 Å². The smallest absolute Gasteiger partial charge is 0.339 e. The molecule has 20 heavy (non-hydrogen) atoms. The van der Waals surface area contributed by atoms with E-state index >= 15 is 0 Å². The Balaban J connectivity index is 1.75. The SMILES string of the molecule is O=C(O)c1cncnc1COCCCc1ccncc1. The Kier molecular flexibility index (Phi) is 5.14. The summed E-state index contributed by atoms with van der Waals surface area (Å²) in [6.07, 6.45) is 7.88. The van der Waals surface area contributed by atoms with E-state index in [0.717, 1.165) is 12.8 Å². The predicted octanol–water partition coefficient (Wildman–Crippen LogP) is 1.72. The standard InChI is InChI=1S/C14H15N3O3/c18-14(19)12-8-16-10-17-13(12)9-20-7-1-2-11-3-5-15-6-4-11/h3-6,8,10H,1-2,7,9H2,(H,18,19). The summed E-state index contributed by atoms with van der Waals surface area (Å²) in [5.41, 5.74) is 1.69. The predicted molar refractivity (Wildman–Crippen MR) is 71.2 cm³/mol. The highest BCUT2D eigenvalue weighted by molar-refractivity contribution is 5.88. The molecule has 0 atom stereocenters. The summed E-state index contributed by atoms with van der Waals surface area (Å²) in [5, 5.41) is 8.98. The molecule has 6 heteroatoms. The summed E-state index contributed by atoms with van der Waals surface area (Å²) >= 11 is 0. The lowest BCUT2D eigenvalue weighted by Crippen LogP contribution is -2.08. The van der Waals surface area contributed by atoms with E-state index in [4.69, 9.17) is 9.84 Å². The van der Waals surface area contributed by atoms with E-state index < -0.39 is 5.97 Å². The van der Waals surface area contributed by atoms with Crippen LogP contribution in [0.15, 0.2) is 37.1 Å². The van der Waals surface area contributed by atoms with Crippen LogP contribution in [0.3, 0.4) is 0 Å². The fraction of sp³-hybridized carbons (Fsp3) is 0.286.